The van der Waals surface area contributed by atoms with Gasteiger partial charge in [-0.15, -0.1) is 0 Å². The van der Waals surface area contributed by atoms with Crippen molar-refractivity contribution in [1.29, 1.82) is 0 Å². The maximum Gasteiger partial charge on any atom is 0.258 e. The first-order chi connectivity index (χ1) is 25.1. The second kappa shape index (κ2) is 19.7. The molecule has 1 aromatic carbocycles. The van der Waals surface area contributed by atoms with Gasteiger partial charge < -0.3 is 29.8 Å². The maximum atomic E-state index is 9.55. The Hall–Kier alpha value is -4.63. The molecule has 0 aliphatic carbocycles. The van der Waals surface area contributed by atoms with Gasteiger partial charge in [-0.3, -0.25) is 0 Å². The number of rotatable bonds is 18. The van der Waals surface area contributed by atoms with E-state index in [0.717, 1.165) is 57.2 Å². The van der Waals surface area contributed by atoms with Gasteiger partial charge in [-0.05, 0) is 51.5 Å². The Kier molecular flexibility index (Phi) is 14.5. The van der Waals surface area contributed by atoms with Gasteiger partial charge in [0.15, 0.2) is 0 Å². The zero-order valence-corrected chi connectivity index (χ0v) is 30.6. The molecule has 4 aromatic heterocycles. The van der Waals surface area contributed by atoms with Gasteiger partial charge in [0.2, 0.25) is 11.9 Å². The van der Waals surface area contributed by atoms with Gasteiger partial charge in [0, 0.05) is 58.4 Å². The van der Waals surface area contributed by atoms with Gasteiger partial charge in [0.25, 0.3) is 11.6 Å². The van der Waals surface area contributed by atoms with E-state index in [0.29, 0.717) is 43.1 Å². The number of unbranched alkanes of at least 4 members (excludes halogenated alkanes) is 3. The van der Waals surface area contributed by atoms with Gasteiger partial charge >= 0.3 is 0 Å². The monoisotopic (exact) mass is 701 g/mol. The van der Waals surface area contributed by atoms with E-state index in [1.54, 1.807) is 15.4 Å². The number of piperidine rings is 1. The van der Waals surface area contributed by atoms with Crippen LogP contribution in [0.25, 0.3) is 11.6 Å². The van der Waals surface area contributed by atoms with Crippen LogP contribution in [-0.2, 0) is 6.42 Å². The molecule has 15 heteroatoms. The zero-order valence-electron chi connectivity index (χ0n) is 30.6. The fourth-order valence-electron chi connectivity index (χ4n) is 6.38. The summed E-state index contributed by atoms with van der Waals surface area (Å²) < 4.78 is 3.43. The second-order valence-corrected chi connectivity index (χ2v) is 12.7. The largest absolute Gasteiger partial charge is 0.395 e. The Labute approximate surface area is 301 Å². The van der Waals surface area contributed by atoms with Crippen LogP contribution in [0.15, 0.2) is 49.1 Å². The van der Waals surface area contributed by atoms with Crippen LogP contribution in [-0.4, -0.2) is 120 Å². The normalized spacial score (nSPS) is 13.0. The third kappa shape index (κ3) is 10.0. The summed E-state index contributed by atoms with van der Waals surface area (Å²) in [5.74, 6) is 4.39. The Bertz CT molecular complexity index is 1720. The van der Waals surface area contributed by atoms with Crippen LogP contribution < -0.4 is 19.6 Å². The summed E-state index contributed by atoms with van der Waals surface area (Å²) in [6.07, 6.45) is 12.4. The van der Waals surface area contributed by atoms with Crippen LogP contribution in [0.1, 0.15) is 71.3 Å². The molecule has 0 radical (unpaired) electrons. The van der Waals surface area contributed by atoms with Crippen LogP contribution in [0.4, 0.5) is 23.5 Å². The summed E-state index contributed by atoms with van der Waals surface area (Å²) in [7, 11) is 0. The summed E-state index contributed by atoms with van der Waals surface area (Å²) in [5.41, 5.74) is 1.24. The highest BCUT2D eigenvalue weighted by atomic mass is 16.3. The van der Waals surface area contributed by atoms with Gasteiger partial charge in [0.1, 0.15) is 24.3 Å². The van der Waals surface area contributed by atoms with E-state index in [4.69, 9.17) is 9.97 Å². The first-order valence-corrected chi connectivity index (χ1v) is 18.6. The number of hydrogen-bond donors (Lipinski definition) is 2. The number of aliphatic hydroxyl groups is 2. The molecular formula is C36H55N13O2. The zero-order chi connectivity index (χ0) is 35.8. The van der Waals surface area contributed by atoms with Crippen LogP contribution in [0, 0.1) is 0 Å². The predicted molar refractivity (Wildman–Crippen MR) is 202 cm³/mol. The van der Waals surface area contributed by atoms with Crippen molar-refractivity contribution in [1.82, 2.24) is 44.1 Å². The number of aromatic nitrogens is 9. The molecule has 1 aliphatic heterocycles. The molecule has 0 spiro atoms. The quantitative estimate of drug-likeness (QED) is 0.127. The fourth-order valence-corrected chi connectivity index (χ4v) is 6.38. The number of anilines is 4. The highest BCUT2D eigenvalue weighted by Crippen LogP contribution is 2.25. The Balaban J connectivity index is 0.000000198. The smallest absolute Gasteiger partial charge is 0.258 e. The molecule has 2 N–H and O–H groups in total. The minimum absolute atomic E-state index is 0.0373. The topological polar surface area (TPSA) is 152 Å². The number of aliphatic hydroxyl groups excluding tert-OH is 2. The molecule has 6 rings (SSSR count). The lowest BCUT2D eigenvalue weighted by molar-refractivity contribution is 0.300. The van der Waals surface area contributed by atoms with Crippen LogP contribution in [0.2, 0.25) is 0 Å². The lowest BCUT2D eigenvalue weighted by Gasteiger charge is -2.30. The summed E-state index contributed by atoms with van der Waals surface area (Å²) >= 11 is 0. The molecule has 1 saturated heterocycles. The molecule has 0 unspecified atom stereocenters. The highest BCUT2D eigenvalue weighted by Gasteiger charge is 2.20. The summed E-state index contributed by atoms with van der Waals surface area (Å²) in [5, 5.41) is 27.7. The number of fused-ring (bicyclic) bond motifs is 2. The van der Waals surface area contributed by atoms with Crippen molar-refractivity contribution in [2.45, 2.75) is 72.1 Å². The molecule has 1 aliphatic rings. The lowest BCUT2D eigenvalue weighted by Crippen LogP contribution is -2.33. The third-order valence-corrected chi connectivity index (χ3v) is 9.21. The first kappa shape index (κ1) is 37.6. The number of nitrogens with zero attached hydrogens (tertiary/aromatic N) is 13. The van der Waals surface area contributed by atoms with E-state index < -0.39 is 0 Å². The molecule has 0 saturated carbocycles. The predicted octanol–water partition coefficient (Wildman–Crippen LogP) is 3.90. The minimum Gasteiger partial charge on any atom is -0.395 e. The summed E-state index contributed by atoms with van der Waals surface area (Å²) in [6.45, 7) is 12.9. The van der Waals surface area contributed by atoms with Gasteiger partial charge in [-0.25, -0.2) is 0 Å². The molecule has 15 nitrogen and oxygen atoms in total. The lowest BCUT2D eigenvalue weighted by atomic mass is 10.1. The average molecular weight is 702 g/mol. The van der Waals surface area contributed by atoms with E-state index in [1.165, 1.54) is 50.4 Å². The molecule has 276 valence electrons. The molecule has 1 fully saturated rings. The van der Waals surface area contributed by atoms with Gasteiger partial charge in [-0.2, -0.15) is 44.1 Å². The van der Waals surface area contributed by atoms with E-state index in [-0.39, 0.29) is 13.2 Å². The van der Waals surface area contributed by atoms with Crippen molar-refractivity contribution in [3.63, 3.8) is 0 Å². The number of benzene rings is 1. The molecule has 5 heterocycles. The van der Waals surface area contributed by atoms with E-state index in [2.05, 4.69) is 78.8 Å². The number of hydrogen-bond acceptors (Lipinski definition) is 13. The molecule has 51 heavy (non-hydrogen) atoms. The van der Waals surface area contributed by atoms with Crippen molar-refractivity contribution in [2.75, 3.05) is 85.2 Å². The molecule has 5 aromatic rings. The Morgan fingerprint density at radius 2 is 1.37 bits per heavy atom. The first-order valence-electron chi connectivity index (χ1n) is 18.6. The second-order valence-electron chi connectivity index (χ2n) is 12.7. The SMILES string of the molecule is CCCCCCN(CCO)c1cc(N2CCCCC2)nc2ncnn12.CCN(CC)c1nc(N(CCO)CCc2ccccc2)n2ncnc2n1. The average Bonchev–Trinajstić information content (AvgIpc) is 3.86. The van der Waals surface area contributed by atoms with Crippen molar-refractivity contribution < 1.29 is 10.2 Å². The van der Waals surface area contributed by atoms with Gasteiger partial charge in [-0.1, -0.05) is 56.5 Å². The third-order valence-electron chi connectivity index (χ3n) is 9.21. The molecule has 0 bridgehead atoms. The Morgan fingerprint density at radius 3 is 2.06 bits per heavy atom. The molecular weight excluding hydrogens is 646 g/mol. The standard InChI is InChI=1S/C18H25N7O.C18H30N6O/c1-3-23(4-2)17-21-16-19-14-20-25(16)18(22-17)24(12-13-26)11-10-15-8-6-5-7-9-15;1-2-3-4-6-11-23(12-13-25)17-14-16(22-9-7-5-8-10-22)21-18-19-15-20-24(17)18/h5-9,14,26H,3-4,10-13H2,1-2H3;14-15,25H,2-13H2,1H3. The van der Waals surface area contributed by atoms with Crippen LogP contribution >= 0.6 is 0 Å². The highest BCUT2D eigenvalue weighted by molar-refractivity contribution is 5.57. The van der Waals surface area contributed by atoms with Crippen molar-refractivity contribution in [2.24, 2.45) is 0 Å². The molecule has 0 atom stereocenters. The van der Waals surface area contributed by atoms with E-state index >= 15 is 0 Å². The van der Waals surface area contributed by atoms with Crippen LogP contribution in [0.3, 0.4) is 0 Å². The van der Waals surface area contributed by atoms with E-state index in [1.807, 2.05) is 23.1 Å². The minimum atomic E-state index is 0.0373. The van der Waals surface area contributed by atoms with Gasteiger partial charge in [0.05, 0.1) is 13.2 Å². The fraction of sp³-hybridized carbons (Fsp3) is 0.583. The van der Waals surface area contributed by atoms with Crippen molar-refractivity contribution in [3.8, 4) is 0 Å². The Morgan fingerprint density at radius 1 is 0.686 bits per heavy atom. The maximum absolute atomic E-state index is 9.55. The van der Waals surface area contributed by atoms with Crippen LogP contribution in [0.5, 0.6) is 0 Å². The van der Waals surface area contributed by atoms with Crippen molar-refractivity contribution in [3.05, 3.63) is 54.6 Å². The summed E-state index contributed by atoms with van der Waals surface area (Å²) in [6, 6.07) is 12.4. The van der Waals surface area contributed by atoms with E-state index in [9.17, 15) is 10.2 Å². The van der Waals surface area contributed by atoms with Crippen molar-refractivity contribution >= 4 is 35.1 Å². The molecule has 0 amide bonds. The summed E-state index contributed by atoms with van der Waals surface area (Å²) in [4.78, 5) is 31.2.